The van der Waals surface area contributed by atoms with Crippen LogP contribution in [0.2, 0.25) is 0 Å². The number of carbonyl (C=O) groups is 1. The number of ether oxygens (including phenoxy) is 1. The Morgan fingerprint density at radius 2 is 2.00 bits per heavy atom. The van der Waals surface area contributed by atoms with Gasteiger partial charge in [0, 0.05) is 0 Å². The Morgan fingerprint density at radius 1 is 1.38 bits per heavy atom. The molecule has 1 heterocycles. The van der Waals surface area contributed by atoms with Gasteiger partial charge in [0.15, 0.2) is 6.10 Å². The lowest BCUT2D eigenvalue weighted by atomic mass is 9.86. The molecule has 5 nitrogen and oxygen atoms in total. The van der Waals surface area contributed by atoms with Crippen LogP contribution in [0.25, 0.3) is 0 Å². The maximum absolute atomic E-state index is 11.6. The van der Waals surface area contributed by atoms with E-state index in [2.05, 4.69) is 20.8 Å². The molecule has 1 amide bonds. The van der Waals surface area contributed by atoms with Gasteiger partial charge in [-0.25, -0.2) is 0 Å². The van der Waals surface area contributed by atoms with Crippen molar-refractivity contribution >= 4 is 5.91 Å². The van der Waals surface area contributed by atoms with E-state index in [-0.39, 0.29) is 11.5 Å². The van der Waals surface area contributed by atoms with E-state index in [1.165, 1.54) is 4.90 Å². The first-order chi connectivity index (χ1) is 9.82. The van der Waals surface area contributed by atoms with E-state index in [4.69, 9.17) is 9.84 Å². The topological polar surface area (TPSA) is 70.0 Å². The van der Waals surface area contributed by atoms with Crippen molar-refractivity contribution in [3.8, 4) is 5.75 Å². The molecule has 1 aliphatic rings. The van der Waals surface area contributed by atoms with Crippen LogP contribution in [0.4, 0.5) is 0 Å². The van der Waals surface area contributed by atoms with Crippen molar-refractivity contribution in [2.75, 3.05) is 19.7 Å². The number of hydrogen-bond acceptors (Lipinski definition) is 4. The van der Waals surface area contributed by atoms with Crippen LogP contribution >= 0.6 is 0 Å². The fourth-order valence-electron chi connectivity index (χ4n) is 2.35. The SMILES string of the molecule is CC(C)(C)c1ccccc1OC1CN(C(=O)C(O)CO)C1. The van der Waals surface area contributed by atoms with Crippen molar-refractivity contribution in [2.24, 2.45) is 0 Å². The highest BCUT2D eigenvalue weighted by atomic mass is 16.5. The van der Waals surface area contributed by atoms with Gasteiger partial charge in [0.2, 0.25) is 0 Å². The molecule has 0 saturated carbocycles. The van der Waals surface area contributed by atoms with Crippen molar-refractivity contribution in [2.45, 2.75) is 38.4 Å². The van der Waals surface area contributed by atoms with Crippen LogP contribution in [-0.2, 0) is 10.2 Å². The molecule has 1 aliphatic heterocycles. The fourth-order valence-corrected chi connectivity index (χ4v) is 2.35. The Balaban J connectivity index is 1.96. The fraction of sp³-hybridized carbons (Fsp3) is 0.562. The molecule has 2 rings (SSSR count). The minimum absolute atomic E-state index is 0.0110. The number of aliphatic hydroxyl groups excluding tert-OH is 2. The smallest absolute Gasteiger partial charge is 0.254 e. The molecular formula is C16H23NO4. The highest BCUT2D eigenvalue weighted by Crippen LogP contribution is 2.32. The van der Waals surface area contributed by atoms with Crippen LogP contribution in [0.1, 0.15) is 26.3 Å². The molecule has 5 heteroatoms. The van der Waals surface area contributed by atoms with Gasteiger partial charge >= 0.3 is 0 Å². The first kappa shape index (κ1) is 15.8. The zero-order valence-electron chi connectivity index (χ0n) is 12.7. The van der Waals surface area contributed by atoms with E-state index in [0.717, 1.165) is 11.3 Å². The van der Waals surface area contributed by atoms with Gasteiger partial charge in [-0.05, 0) is 17.0 Å². The summed E-state index contributed by atoms with van der Waals surface area (Å²) in [6.45, 7) is 6.71. The average molecular weight is 293 g/mol. The van der Waals surface area contributed by atoms with Gasteiger partial charge in [-0.2, -0.15) is 0 Å². The molecule has 1 atom stereocenters. The molecule has 1 aromatic rings. The molecule has 0 aromatic heterocycles. The third kappa shape index (κ3) is 3.54. The van der Waals surface area contributed by atoms with Crippen LogP contribution < -0.4 is 4.74 Å². The minimum atomic E-state index is -1.33. The number of rotatable bonds is 4. The molecular weight excluding hydrogens is 270 g/mol. The van der Waals surface area contributed by atoms with Crippen molar-refractivity contribution in [1.82, 2.24) is 4.90 Å². The second kappa shape index (κ2) is 6.03. The largest absolute Gasteiger partial charge is 0.486 e. The summed E-state index contributed by atoms with van der Waals surface area (Å²) in [5.74, 6) is 0.395. The Bertz CT molecular complexity index is 503. The van der Waals surface area contributed by atoms with Crippen molar-refractivity contribution in [3.63, 3.8) is 0 Å². The summed E-state index contributed by atoms with van der Waals surface area (Å²) in [7, 11) is 0. The number of likely N-dealkylation sites (tertiary alicyclic amines) is 1. The van der Waals surface area contributed by atoms with E-state index in [9.17, 15) is 9.90 Å². The highest BCUT2D eigenvalue weighted by Gasteiger charge is 2.35. The van der Waals surface area contributed by atoms with Crippen LogP contribution in [-0.4, -0.2) is 52.9 Å². The molecule has 2 N–H and O–H groups in total. The maximum atomic E-state index is 11.6. The summed E-state index contributed by atoms with van der Waals surface area (Å²) < 4.78 is 5.96. The first-order valence-corrected chi connectivity index (χ1v) is 7.17. The van der Waals surface area contributed by atoms with Crippen LogP contribution in [0.3, 0.4) is 0 Å². The zero-order valence-corrected chi connectivity index (χ0v) is 12.7. The molecule has 1 fully saturated rings. The van der Waals surface area contributed by atoms with Crippen LogP contribution in [0, 0.1) is 0 Å². The van der Waals surface area contributed by atoms with Gasteiger partial charge in [-0.1, -0.05) is 39.0 Å². The van der Waals surface area contributed by atoms with E-state index in [1.807, 2.05) is 24.3 Å². The van der Waals surface area contributed by atoms with Gasteiger partial charge in [-0.15, -0.1) is 0 Å². The van der Waals surface area contributed by atoms with Gasteiger partial charge in [-0.3, -0.25) is 4.79 Å². The predicted octanol–water partition coefficient (Wildman–Crippen LogP) is 0.927. The molecule has 1 unspecified atom stereocenters. The molecule has 116 valence electrons. The second-order valence-corrected chi connectivity index (χ2v) is 6.43. The van der Waals surface area contributed by atoms with Gasteiger partial charge in [0.05, 0.1) is 19.7 Å². The van der Waals surface area contributed by atoms with Crippen molar-refractivity contribution in [1.29, 1.82) is 0 Å². The number of carbonyl (C=O) groups excluding carboxylic acids is 1. The zero-order chi connectivity index (χ0) is 15.6. The minimum Gasteiger partial charge on any atom is -0.486 e. The average Bonchev–Trinajstić information content (AvgIpc) is 2.40. The summed E-state index contributed by atoms with van der Waals surface area (Å²) >= 11 is 0. The predicted molar refractivity (Wildman–Crippen MR) is 79.2 cm³/mol. The molecule has 0 aliphatic carbocycles. The number of nitrogens with zero attached hydrogens (tertiary/aromatic N) is 1. The number of amides is 1. The van der Waals surface area contributed by atoms with E-state index in [1.54, 1.807) is 0 Å². The third-order valence-electron chi connectivity index (χ3n) is 3.61. The van der Waals surface area contributed by atoms with Crippen molar-refractivity contribution < 1.29 is 19.7 Å². The lowest BCUT2D eigenvalue weighted by molar-refractivity contribution is -0.151. The standard InChI is InChI=1S/C16H23NO4/c1-16(2,3)12-6-4-5-7-14(12)21-11-8-17(9-11)15(20)13(19)10-18/h4-7,11,13,18-19H,8-10H2,1-3H3. The monoisotopic (exact) mass is 293 g/mol. The third-order valence-corrected chi connectivity index (χ3v) is 3.61. The molecule has 0 radical (unpaired) electrons. The Hall–Kier alpha value is -1.59. The van der Waals surface area contributed by atoms with Gasteiger partial charge in [0.1, 0.15) is 11.9 Å². The quantitative estimate of drug-likeness (QED) is 0.866. The van der Waals surface area contributed by atoms with Gasteiger partial charge < -0.3 is 19.8 Å². The number of aliphatic hydroxyl groups is 2. The van der Waals surface area contributed by atoms with E-state index in [0.29, 0.717) is 13.1 Å². The Morgan fingerprint density at radius 3 is 2.57 bits per heavy atom. The molecule has 0 spiro atoms. The second-order valence-electron chi connectivity index (χ2n) is 6.43. The number of benzene rings is 1. The van der Waals surface area contributed by atoms with Gasteiger partial charge in [0.25, 0.3) is 5.91 Å². The molecule has 1 saturated heterocycles. The molecule has 1 aromatic carbocycles. The number of para-hydroxylation sites is 1. The van der Waals surface area contributed by atoms with E-state index >= 15 is 0 Å². The van der Waals surface area contributed by atoms with Crippen LogP contribution in [0.15, 0.2) is 24.3 Å². The number of hydrogen-bond donors (Lipinski definition) is 2. The summed E-state index contributed by atoms with van der Waals surface area (Å²) in [6.07, 6.45) is -1.39. The molecule has 21 heavy (non-hydrogen) atoms. The normalized spacial score (nSPS) is 17.3. The van der Waals surface area contributed by atoms with Crippen molar-refractivity contribution in [3.05, 3.63) is 29.8 Å². The van der Waals surface area contributed by atoms with Crippen LogP contribution in [0.5, 0.6) is 5.75 Å². The lowest BCUT2D eigenvalue weighted by Gasteiger charge is -2.40. The first-order valence-electron chi connectivity index (χ1n) is 7.17. The van der Waals surface area contributed by atoms with E-state index < -0.39 is 18.6 Å². The summed E-state index contributed by atoms with van der Waals surface area (Å²) in [5.41, 5.74) is 1.12. The summed E-state index contributed by atoms with van der Waals surface area (Å²) in [6, 6.07) is 7.91. The summed E-state index contributed by atoms with van der Waals surface area (Å²) in [4.78, 5) is 13.1. The maximum Gasteiger partial charge on any atom is 0.254 e. The lowest BCUT2D eigenvalue weighted by Crippen LogP contribution is -2.59. The highest BCUT2D eigenvalue weighted by molar-refractivity contribution is 5.81. The molecule has 0 bridgehead atoms. The Kier molecular flexibility index (Phi) is 4.54. The summed E-state index contributed by atoms with van der Waals surface area (Å²) in [5, 5.41) is 18.1. The Labute approximate surface area is 125 Å².